The molecule has 112 valence electrons. The van der Waals surface area contributed by atoms with Crippen LogP contribution in [0.1, 0.15) is 31.0 Å². The highest BCUT2D eigenvalue weighted by Crippen LogP contribution is 2.30. The quantitative estimate of drug-likeness (QED) is 0.811. The largest absolute Gasteiger partial charge is 0.504 e. The van der Waals surface area contributed by atoms with Crippen LogP contribution in [-0.2, 0) is 6.54 Å². The smallest absolute Gasteiger partial charge is 0.162 e. The van der Waals surface area contributed by atoms with Crippen LogP contribution in [0.15, 0.2) is 46.9 Å². The van der Waals surface area contributed by atoms with Gasteiger partial charge in [0, 0.05) is 22.6 Å². The van der Waals surface area contributed by atoms with Crippen LogP contribution < -0.4 is 10.1 Å². The van der Waals surface area contributed by atoms with Crippen LogP contribution in [0.25, 0.3) is 0 Å². The lowest BCUT2D eigenvalue weighted by Gasteiger charge is -2.17. The minimum absolute atomic E-state index is 0.177. The van der Waals surface area contributed by atoms with E-state index in [1.54, 1.807) is 6.07 Å². The van der Waals surface area contributed by atoms with Gasteiger partial charge in [0.15, 0.2) is 11.5 Å². The second-order valence-corrected chi connectivity index (χ2v) is 5.68. The summed E-state index contributed by atoms with van der Waals surface area (Å²) in [5.41, 5.74) is 2.03. The molecule has 0 spiro atoms. The lowest BCUT2D eigenvalue weighted by atomic mass is 10.1. The average molecular weight is 350 g/mol. The summed E-state index contributed by atoms with van der Waals surface area (Å²) in [5.74, 6) is 0.747. The van der Waals surface area contributed by atoms with Crippen molar-refractivity contribution in [3.8, 4) is 11.5 Å². The first-order valence-corrected chi connectivity index (χ1v) is 7.84. The number of halogens is 1. The number of para-hydroxylation sites is 1. The Morgan fingerprint density at radius 2 is 1.95 bits per heavy atom. The molecule has 0 fully saturated rings. The zero-order chi connectivity index (χ0) is 15.2. The molecular formula is C17H20BrNO2. The van der Waals surface area contributed by atoms with Crippen LogP contribution in [0.4, 0.5) is 0 Å². The monoisotopic (exact) mass is 349 g/mol. The first-order chi connectivity index (χ1) is 10.1. The van der Waals surface area contributed by atoms with E-state index in [1.807, 2.05) is 37.3 Å². The maximum absolute atomic E-state index is 10.2. The first-order valence-electron chi connectivity index (χ1n) is 7.05. The Bertz CT molecular complexity index is 601. The van der Waals surface area contributed by atoms with Gasteiger partial charge in [-0.05, 0) is 31.5 Å². The maximum Gasteiger partial charge on any atom is 0.162 e. The van der Waals surface area contributed by atoms with Crippen molar-refractivity contribution in [1.82, 2.24) is 5.32 Å². The topological polar surface area (TPSA) is 41.5 Å². The summed E-state index contributed by atoms with van der Waals surface area (Å²) in [6.45, 7) is 5.12. The van der Waals surface area contributed by atoms with Gasteiger partial charge in [-0.1, -0.05) is 46.3 Å². The van der Waals surface area contributed by atoms with Gasteiger partial charge in [0.25, 0.3) is 0 Å². The van der Waals surface area contributed by atoms with E-state index < -0.39 is 0 Å². The molecule has 0 saturated heterocycles. The number of phenolic OH excluding ortho intramolecular Hbond substituents is 1. The highest BCUT2D eigenvalue weighted by Gasteiger charge is 2.11. The van der Waals surface area contributed by atoms with Gasteiger partial charge in [0.05, 0.1) is 6.61 Å². The molecule has 0 aliphatic carbocycles. The van der Waals surface area contributed by atoms with E-state index in [9.17, 15) is 5.11 Å². The predicted molar refractivity (Wildman–Crippen MR) is 88.7 cm³/mol. The SMILES string of the molecule is CCOc1cccc(CN[C@@H](C)c2ccccc2Br)c1O. The van der Waals surface area contributed by atoms with Crippen LogP contribution in [0.3, 0.4) is 0 Å². The summed E-state index contributed by atoms with van der Waals surface area (Å²) in [4.78, 5) is 0. The number of nitrogens with one attached hydrogen (secondary N) is 1. The van der Waals surface area contributed by atoms with Gasteiger partial charge in [0.2, 0.25) is 0 Å². The van der Waals surface area contributed by atoms with E-state index >= 15 is 0 Å². The molecule has 1 atom stereocenters. The first kappa shape index (κ1) is 15.9. The summed E-state index contributed by atoms with van der Waals surface area (Å²) in [7, 11) is 0. The molecule has 0 aromatic heterocycles. The highest BCUT2D eigenvalue weighted by molar-refractivity contribution is 9.10. The Morgan fingerprint density at radius 1 is 1.19 bits per heavy atom. The molecule has 2 rings (SSSR count). The van der Waals surface area contributed by atoms with Gasteiger partial charge >= 0.3 is 0 Å². The van der Waals surface area contributed by atoms with Crippen LogP contribution in [0, 0.1) is 0 Å². The number of hydrogen-bond acceptors (Lipinski definition) is 3. The van der Waals surface area contributed by atoms with Crippen molar-refractivity contribution < 1.29 is 9.84 Å². The summed E-state index contributed by atoms with van der Waals surface area (Å²) < 4.78 is 6.48. The standard InChI is InChI=1S/C17H20BrNO2/c1-3-21-16-10-6-7-13(17(16)20)11-19-12(2)14-8-4-5-9-15(14)18/h4-10,12,19-20H,3,11H2,1-2H3/t12-/m0/s1. The third kappa shape index (κ3) is 3.99. The van der Waals surface area contributed by atoms with E-state index in [-0.39, 0.29) is 11.8 Å². The van der Waals surface area contributed by atoms with E-state index in [0.29, 0.717) is 18.9 Å². The number of rotatable bonds is 6. The lowest BCUT2D eigenvalue weighted by Crippen LogP contribution is -2.18. The molecular weight excluding hydrogens is 330 g/mol. The Labute approximate surface area is 134 Å². The molecule has 0 bridgehead atoms. The third-order valence-corrected chi connectivity index (χ3v) is 4.08. The minimum Gasteiger partial charge on any atom is -0.504 e. The van der Waals surface area contributed by atoms with Gasteiger partial charge in [-0.3, -0.25) is 0 Å². The van der Waals surface area contributed by atoms with Crippen molar-refractivity contribution in [3.63, 3.8) is 0 Å². The molecule has 0 heterocycles. The van der Waals surface area contributed by atoms with Gasteiger partial charge in [-0.15, -0.1) is 0 Å². The second-order valence-electron chi connectivity index (χ2n) is 4.82. The summed E-state index contributed by atoms with van der Waals surface area (Å²) >= 11 is 3.56. The second kappa shape index (κ2) is 7.48. The normalized spacial score (nSPS) is 12.1. The van der Waals surface area contributed by atoms with E-state index in [4.69, 9.17) is 4.74 Å². The molecule has 21 heavy (non-hydrogen) atoms. The molecule has 3 nitrogen and oxygen atoms in total. The molecule has 0 unspecified atom stereocenters. The molecule has 2 aromatic carbocycles. The number of phenols is 1. The van der Waals surface area contributed by atoms with Crippen molar-refractivity contribution in [3.05, 3.63) is 58.1 Å². The molecule has 2 N–H and O–H groups in total. The third-order valence-electron chi connectivity index (χ3n) is 3.35. The molecule has 0 saturated carbocycles. The zero-order valence-electron chi connectivity index (χ0n) is 12.3. The van der Waals surface area contributed by atoms with Crippen molar-refractivity contribution in [1.29, 1.82) is 0 Å². The Kier molecular flexibility index (Phi) is 5.65. The number of benzene rings is 2. The Hall–Kier alpha value is -1.52. The predicted octanol–water partition coefficient (Wildman–Crippen LogP) is 4.40. The fraction of sp³-hybridized carbons (Fsp3) is 0.294. The Balaban J connectivity index is 2.06. The molecule has 4 heteroatoms. The summed E-state index contributed by atoms with van der Waals surface area (Å²) in [5, 5.41) is 13.6. The van der Waals surface area contributed by atoms with Crippen LogP contribution in [-0.4, -0.2) is 11.7 Å². The van der Waals surface area contributed by atoms with Crippen LogP contribution in [0.5, 0.6) is 11.5 Å². The van der Waals surface area contributed by atoms with Gasteiger partial charge < -0.3 is 15.2 Å². The van der Waals surface area contributed by atoms with Crippen molar-refractivity contribution in [2.45, 2.75) is 26.4 Å². The summed E-state index contributed by atoms with van der Waals surface area (Å²) in [6.07, 6.45) is 0. The minimum atomic E-state index is 0.177. The highest BCUT2D eigenvalue weighted by atomic mass is 79.9. The number of hydrogen-bond donors (Lipinski definition) is 2. The van der Waals surface area contributed by atoms with Gasteiger partial charge in [-0.2, -0.15) is 0 Å². The molecule has 2 aromatic rings. The van der Waals surface area contributed by atoms with Crippen molar-refractivity contribution in [2.24, 2.45) is 0 Å². The maximum atomic E-state index is 10.2. The van der Waals surface area contributed by atoms with E-state index in [2.05, 4.69) is 34.2 Å². The van der Waals surface area contributed by atoms with Crippen molar-refractivity contribution in [2.75, 3.05) is 6.61 Å². The van der Waals surface area contributed by atoms with Crippen LogP contribution >= 0.6 is 15.9 Å². The fourth-order valence-corrected chi connectivity index (χ4v) is 2.81. The average Bonchev–Trinajstić information content (AvgIpc) is 2.48. The zero-order valence-corrected chi connectivity index (χ0v) is 13.9. The number of ether oxygens (including phenoxy) is 1. The van der Waals surface area contributed by atoms with E-state index in [0.717, 1.165) is 10.0 Å². The Morgan fingerprint density at radius 3 is 2.67 bits per heavy atom. The van der Waals surface area contributed by atoms with Gasteiger partial charge in [-0.25, -0.2) is 0 Å². The lowest BCUT2D eigenvalue weighted by molar-refractivity contribution is 0.316. The molecule has 0 aliphatic heterocycles. The molecule has 0 amide bonds. The fourth-order valence-electron chi connectivity index (χ4n) is 2.18. The van der Waals surface area contributed by atoms with E-state index in [1.165, 1.54) is 5.56 Å². The van der Waals surface area contributed by atoms with Crippen molar-refractivity contribution >= 4 is 15.9 Å². The van der Waals surface area contributed by atoms with Crippen LogP contribution in [0.2, 0.25) is 0 Å². The van der Waals surface area contributed by atoms with Gasteiger partial charge in [0.1, 0.15) is 0 Å². The summed E-state index contributed by atoms with van der Waals surface area (Å²) in [6, 6.07) is 13.9. The number of aromatic hydroxyl groups is 1. The molecule has 0 radical (unpaired) electrons. The molecule has 0 aliphatic rings.